The average molecular weight is 262 g/mol. The smallest absolute Gasteiger partial charge is 0.217 e. The van der Waals surface area contributed by atoms with Crippen molar-refractivity contribution >= 4 is 10.0 Å². The first kappa shape index (κ1) is 14.9. The van der Waals surface area contributed by atoms with Crippen LogP contribution in [-0.2, 0) is 10.0 Å². The molecule has 0 saturated carbocycles. The maximum atomic E-state index is 12.3. The van der Waals surface area contributed by atoms with Crippen molar-refractivity contribution < 1.29 is 8.42 Å². The van der Waals surface area contributed by atoms with Crippen LogP contribution in [0.3, 0.4) is 0 Å². The normalized spacial score (nSPS) is 23.2. The lowest BCUT2D eigenvalue weighted by Gasteiger charge is -2.24. The Morgan fingerprint density at radius 1 is 1.29 bits per heavy atom. The van der Waals surface area contributed by atoms with Gasteiger partial charge < -0.3 is 5.32 Å². The van der Waals surface area contributed by atoms with Crippen LogP contribution in [0.1, 0.15) is 41.0 Å². The van der Waals surface area contributed by atoms with Crippen LogP contribution in [0.2, 0.25) is 0 Å². The summed E-state index contributed by atoms with van der Waals surface area (Å²) >= 11 is 0. The fourth-order valence-electron chi connectivity index (χ4n) is 2.04. The van der Waals surface area contributed by atoms with Gasteiger partial charge in [0, 0.05) is 25.7 Å². The highest BCUT2D eigenvalue weighted by Crippen LogP contribution is 2.31. The highest BCUT2D eigenvalue weighted by Gasteiger charge is 2.38. The van der Waals surface area contributed by atoms with Gasteiger partial charge in [0.05, 0.1) is 5.25 Å². The summed E-state index contributed by atoms with van der Waals surface area (Å²) in [6.07, 6.45) is 0.955. The van der Waals surface area contributed by atoms with Crippen molar-refractivity contribution in [3.63, 3.8) is 0 Å². The summed E-state index contributed by atoms with van der Waals surface area (Å²) < 4.78 is 26.3. The second kappa shape index (κ2) is 5.24. The monoisotopic (exact) mass is 262 g/mol. The van der Waals surface area contributed by atoms with E-state index < -0.39 is 10.0 Å². The molecular formula is C12H26N2O2S. The number of sulfonamides is 1. The fraction of sp³-hybridized carbons (Fsp3) is 1.00. The molecule has 1 unspecified atom stereocenters. The lowest BCUT2D eigenvalue weighted by Crippen LogP contribution is -2.42. The van der Waals surface area contributed by atoms with E-state index in [1.807, 2.05) is 13.8 Å². The summed E-state index contributed by atoms with van der Waals surface area (Å²) in [6.45, 7) is 11.9. The highest BCUT2D eigenvalue weighted by molar-refractivity contribution is 7.89. The van der Waals surface area contributed by atoms with Crippen molar-refractivity contribution in [3.8, 4) is 0 Å². The standard InChI is InChI=1S/C12H26N2O2S/c1-10(2)13-8-11(3)17(15,16)14-7-6-12(4,5)9-14/h10-11,13H,6-9H2,1-5H3. The van der Waals surface area contributed by atoms with Crippen LogP contribution >= 0.6 is 0 Å². The minimum absolute atomic E-state index is 0.123. The van der Waals surface area contributed by atoms with Crippen LogP contribution in [0.5, 0.6) is 0 Å². The Kier molecular flexibility index (Phi) is 4.60. The van der Waals surface area contributed by atoms with Crippen molar-refractivity contribution in [3.05, 3.63) is 0 Å². The van der Waals surface area contributed by atoms with Gasteiger partial charge in [0.2, 0.25) is 10.0 Å². The van der Waals surface area contributed by atoms with Gasteiger partial charge in [-0.2, -0.15) is 0 Å². The summed E-state index contributed by atoms with van der Waals surface area (Å²) in [5.41, 5.74) is 0.123. The van der Waals surface area contributed by atoms with Crippen molar-refractivity contribution in [2.75, 3.05) is 19.6 Å². The maximum absolute atomic E-state index is 12.3. The van der Waals surface area contributed by atoms with Gasteiger partial charge in [-0.05, 0) is 18.8 Å². The molecular weight excluding hydrogens is 236 g/mol. The minimum Gasteiger partial charge on any atom is -0.313 e. The summed E-state index contributed by atoms with van der Waals surface area (Å²) in [4.78, 5) is 0. The number of hydrogen-bond acceptors (Lipinski definition) is 3. The van der Waals surface area contributed by atoms with Gasteiger partial charge in [0.1, 0.15) is 0 Å². The number of rotatable bonds is 5. The molecule has 0 aromatic carbocycles. The van der Waals surface area contributed by atoms with E-state index in [4.69, 9.17) is 0 Å². The van der Waals surface area contributed by atoms with Crippen molar-refractivity contribution in [2.24, 2.45) is 5.41 Å². The molecule has 0 spiro atoms. The first-order valence-corrected chi connectivity index (χ1v) is 7.88. The highest BCUT2D eigenvalue weighted by atomic mass is 32.2. The lowest BCUT2D eigenvalue weighted by atomic mass is 9.93. The van der Waals surface area contributed by atoms with E-state index in [1.54, 1.807) is 11.2 Å². The van der Waals surface area contributed by atoms with E-state index in [0.717, 1.165) is 6.42 Å². The zero-order valence-electron chi connectivity index (χ0n) is 11.7. The Morgan fingerprint density at radius 2 is 1.88 bits per heavy atom. The Morgan fingerprint density at radius 3 is 2.29 bits per heavy atom. The molecule has 4 nitrogen and oxygen atoms in total. The fourth-order valence-corrected chi connectivity index (χ4v) is 3.73. The second-order valence-electron chi connectivity index (χ2n) is 6.17. The maximum Gasteiger partial charge on any atom is 0.217 e. The topological polar surface area (TPSA) is 49.4 Å². The Balaban J connectivity index is 2.62. The molecule has 1 N–H and O–H groups in total. The molecule has 1 heterocycles. The van der Waals surface area contributed by atoms with Gasteiger partial charge >= 0.3 is 0 Å². The third-order valence-corrected chi connectivity index (χ3v) is 5.54. The summed E-state index contributed by atoms with van der Waals surface area (Å²) in [6, 6.07) is 0.322. The van der Waals surface area contributed by atoms with E-state index >= 15 is 0 Å². The predicted octanol–water partition coefficient (Wildman–Crippen LogP) is 1.43. The van der Waals surface area contributed by atoms with E-state index in [2.05, 4.69) is 19.2 Å². The first-order valence-electron chi connectivity index (χ1n) is 6.37. The molecule has 17 heavy (non-hydrogen) atoms. The molecule has 1 atom stereocenters. The van der Waals surface area contributed by atoms with E-state index in [0.29, 0.717) is 25.7 Å². The summed E-state index contributed by atoms with van der Waals surface area (Å²) in [5, 5.41) is 2.84. The van der Waals surface area contributed by atoms with Gasteiger partial charge in [-0.25, -0.2) is 12.7 Å². The van der Waals surface area contributed by atoms with Crippen molar-refractivity contribution in [1.29, 1.82) is 0 Å². The quantitative estimate of drug-likeness (QED) is 0.815. The molecule has 1 aliphatic rings. The van der Waals surface area contributed by atoms with E-state index in [1.165, 1.54) is 0 Å². The molecule has 5 heteroatoms. The molecule has 1 rings (SSSR count). The number of nitrogens with zero attached hydrogens (tertiary/aromatic N) is 1. The first-order chi connectivity index (χ1) is 7.65. The summed E-state index contributed by atoms with van der Waals surface area (Å²) in [5.74, 6) is 0. The molecule has 1 saturated heterocycles. The van der Waals surface area contributed by atoms with Crippen LogP contribution in [-0.4, -0.2) is 43.6 Å². The zero-order valence-corrected chi connectivity index (χ0v) is 12.5. The van der Waals surface area contributed by atoms with E-state index in [9.17, 15) is 8.42 Å². The molecule has 0 radical (unpaired) electrons. The molecule has 0 aromatic heterocycles. The van der Waals surface area contributed by atoms with E-state index in [-0.39, 0.29) is 10.7 Å². The van der Waals surface area contributed by atoms with Crippen LogP contribution in [0.4, 0.5) is 0 Å². The van der Waals surface area contributed by atoms with Gasteiger partial charge in [0.15, 0.2) is 0 Å². The SMILES string of the molecule is CC(C)NCC(C)S(=O)(=O)N1CCC(C)(C)C1. The van der Waals surface area contributed by atoms with Crippen molar-refractivity contribution in [2.45, 2.75) is 52.3 Å². The molecule has 102 valence electrons. The number of hydrogen-bond donors (Lipinski definition) is 1. The largest absolute Gasteiger partial charge is 0.313 e. The van der Waals surface area contributed by atoms with Crippen LogP contribution in [0, 0.1) is 5.41 Å². The molecule has 0 bridgehead atoms. The Hall–Kier alpha value is -0.130. The second-order valence-corrected chi connectivity index (χ2v) is 8.52. The third kappa shape index (κ3) is 3.93. The lowest BCUT2D eigenvalue weighted by molar-refractivity contribution is 0.372. The molecule has 1 fully saturated rings. The number of nitrogens with one attached hydrogen (secondary N) is 1. The Bertz CT molecular complexity index is 350. The van der Waals surface area contributed by atoms with Gasteiger partial charge in [-0.1, -0.05) is 27.7 Å². The van der Waals surface area contributed by atoms with Crippen LogP contribution in [0.15, 0.2) is 0 Å². The average Bonchev–Trinajstić information content (AvgIpc) is 2.55. The van der Waals surface area contributed by atoms with Gasteiger partial charge in [-0.15, -0.1) is 0 Å². The molecule has 1 aliphatic heterocycles. The molecule has 0 amide bonds. The Labute approximate surface area is 106 Å². The predicted molar refractivity (Wildman–Crippen MR) is 71.5 cm³/mol. The van der Waals surface area contributed by atoms with Crippen LogP contribution < -0.4 is 5.32 Å². The minimum atomic E-state index is -3.13. The van der Waals surface area contributed by atoms with Gasteiger partial charge in [0.25, 0.3) is 0 Å². The van der Waals surface area contributed by atoms with Crippen LogP contribution in [0.25, 0.3) is 0 Å². The van der Waals surface area contributed by atoms with Crippen molar-refractivity contribution in [1.82, 2.24) is 9.62 Å². The van der Waals surface area contributed by atoms with Gasteiger partial charge in [-0.3, -0.25) is 0 Å². The zero-order chi connectivity index (χ0) is 13.3. The molecule has 0 aliphatic carbocycles. The third-order valence-electron chi connectivity index (χ3n) is 3.32. The molecule has 0 aromatic rings. The summed E-state index contributed by atoms with van der Waals surface area (Å²) in [7, 11) is -3.13.